The summed E-state index contributed by atoms with van der Waals surface area (Å²) in [5, 5.41) is 11.6. The van der Waals surface area contributed by atoms with Crippen molar-refractivity contribution < 1.29 is 5.11 Å². The number of allylic oxidation sites excluding steroid dienone is 1. The standard InChI is InChI=1S/C11H14OS/c1-8-11(5-6-13-8)9-3-2-4-10(12)7-9/h5-7,10,12H,2-4H2,1H3. The molecule has 1 aliphatic carbocycles. The zero-order chi connectivity index (χ0) is 9.26. The van der Waals surface area contributed by atoms with Gasteiger partial charge in [-0.2, -0.15) is 0 Å². The van der Waals surface area contributed by atoms with Crippen molar-refractivity contribution in [2.45, 2.75) is 32.3 Å². The highest BCUT2D eigenvalue weighted by Crippen LogP contribution is 2.31. The molecule has 0 radical (unpaired) electrons. The van der Waals surface area contributed by atoms with Gasteiger partial charge in [0.25, 0.3) is 0 Å². The predicted octanol–water partition coefficient (Wildman–Crippen LogP) is 2.98. The van der Waals surface area contributed by atoms with Crippen molar-refractivity contribution in [2.75, 3.05) is 0 Å². The molecule has 1 heterocycles. The molecule has 0 amide bonds. The van der Waals surface area contributed by atoms with Gasteiger partial charge in [-0.3, -0.25) is 0 Å². The van der Waals surface area contributed by atoms with Gasteiger partial charge in [-0.05, 0) is 48.8 Å². The van der Waals surface area contributed by atoms with Gasteiger partial charge in [-0.25, -0.2) is 0 Å². The minimum Gasteiger partial charge on any atom is -0.389 e. The Hall–Kier alpha value is -0.600. The Kier molecular flexibility index (Phi) is 2.51. The highest BCUT2D eigenvalue weighted by Gasteiger charge is 2.13. The number of aryl methyl sites for hydroxylation is 1. The van der Waals surface area contributed by atoms with Crippen molar-refractivity contribution in [1.29, 1.82) is 0 Å². The molecule has 1 N–H and O–H groups in total. The van der Waals surface area contributed by atoms with Gasteiger partial charge in [0.1, 0.15) is 0 Å². The molecule has 1 aromatic rings. The van der Waals surface area contributed by atoms with Gasteiger partial charge in [-0.15, -0.1) is 11.3 Å². The molecule has 13 heavy (non-hydrogen) atoms. The summed E-state index contributed by atoms with van der Waals surface area (Å²) in [5.74, 6) is 0. The lowest BCUT2D eigenvalue weighted by Gasteiger charge is -2.16. The number of rotatable bonds is 1. The molecule has 1 aromatic heterocycles. The first-order valence-electron chi connectivity index (χ1n) is 4.70. The first-order valence-corrected chi connectivity index (χ1v) is 5.58. The Morgan fingerprint density at radius 2 is 2.38 bits per heavy atom. The highest BCUT2D eigenvalue weighted by molar-refractivity contribution is 7.10. The van der Waals surface area contributed by atoms with Crippen molar-refractivity contribution >= 4 is 16.9 Å². The summed E-state index contributed by atoms with van der Waals surface area (Å²) >= 11 is 1.78. The summed E-state index contributed by atoms with van der Waals surface area (Å²) in [6.45, 7) is 2.14. The summed E-state index contributed by atoms with van der Waals surface area (Å²) in [4.78, 5) is 1.36. The van der Waals surface area contributed by atoms with Crippen molar-refractivity contribution in [3.8, 4) is 0 Å². The van der Waals surface area contributed by atoms with Crippen LogP contribution in [0.3, 0.4) is 0 Å². The highest BCUT2D eigenvalue weighted by atomic mass is 32.1. The lowest BCUT2D eigenvalue weighted by atomic mass is 9.93. The van der Waals surface area contributed by atoms with Gasteiger partial charge in [0.05, 0.1) is 6.10 Å². The number of hydrogen-bond donors (Lipinski definition) is 1. The van der Waals surface area contributed by atoms with Crippen molar-refractivity contribution in [3.63, 3.8) is 0 Å². The molecule has 1 unspecified atom stereocenters. The monoisotopic (exact) mass is 194 g/mol. The Balaban J connectivity index is 2.30. The number of thiophene rings is 1. The fraction of sp³-hybridized carbons (Fsp3) is 0.455. The second-order valence-electron chi connectivity index (χ2n) is 3.54. The normalized spacial score (nSPS) is 22.9. The summed E-state index contributed by atoms with van der Waals surface area (Å²) in [5.41, 5.74) is 2.67. The number of hydrogen-bond acceptors (Lipinski definition) is 2. The second kappa shape index (κ2) is 3.64. The van der Waals surface area contributed by atoms with E-state index in [0.29, 0.717) is 0 Å². The van der Waals surface area contributed by atoms with Crippen LogP contribution in [0.2, 0.25) is 0 Å². The minimum atomic E-state index is -0.219. The van der Waals surface area contributed by atoms with E-state index in [4.69, 9.17) is 0 Å². The summed E-state index contributed by atoms with van der Waals surface area (Å²) in [6.07, 6.45) is 4.95. The van der Waals surface area contributed by atoms with Crippen LogP contribution in [0.15, 0.2) is 17.5 Å². The van der Waals surface area contributed by atoms with Gasteiger partial charge < -0.3 is 5.11 Å². The van der Waals surface area contributed by atoms with E-state index in [-0.39, 0.29) is 6.10 Å². The number of aliphatic hydroxyl groups is 1. The van der Waals surface area contributed by atoms with E-state index in [1.165, 1.54) is 16.0 Å². The van der Waals surface area contributed by atoms with Crippen LogP contribution in [-0.2, 0) is 0 Å². The van der Waals surface area contributed by atoms with Crippen LogP contribution in [0.4, 0.5) is 0 Å². The quantitative estimate of drug-likeness (QED) is 0.728. The molecule has 2 rings (SSSR count). The first kappa shape index (κ1) is 8.97. The maximum absolute atomic E-state index is 9.50. The van der Waals surface area contributed by atoms with Crippen LogP contribution >= 0.6 is 11.3 Å². The lowest BCUT2D eigenvalue weighted by Crippen LogP contribution is -2.08. The summed E-state index contributed by atoms with van der Waals surface area (Å²) in [7, 11) is 0. The first-order chi connectivity index (χ1) is 6.27. The van der Waals surface area contributed by atoms with Crippen LogP contribution in [0, 0.1) is 6.92 Å². The van der Waals surface area contributed by atoms with Crippen LogP contribution in [-0.4, -0.2) is 11.2 Å². The maximum atomic E-state index is 9.50. The molecular weight excluding hydrogens is 180 g/mol. The molecule has 1 atom stereocenters. The average Bonchev–Trinajstić information content (AvgIpc) is 2.51. The van der Waals surface area contributed by atoms with E-state index in [1.54, 1.807) is 11.3 Å². The van der Waals surface area contributed by atoms with Gasteiger partial charge >= 0.3 is 0 Å². The molecule has 0 bridgehead atoms. The molecule has 2 heteroatoms. The van der Waals surface area contributed by atoms with E-state index in [2.05, 4.69) is 18.4 Å². The smallest absolute Gasteiger partial charge is 0.0726 e. The molecule has 1 nitrogen and oxygen atoms in total. The fourth-order valence-corrected chi connectivity index (χ4v) is 2.58. The van der Waals surface area contributed by atoms with E-state index in [9.17, 15) is 5.11 Å². The van der Waals surface area contributed by atoms with Crippen LogP contribution in [0.5, 0.6) is 0 Å². The van der Waals surface area contributed by atoms with E-state index >= 15 is 0 Å². The third-order valence-electron chi connectivity index (χ3n) is 2.54. The van der Waals surface area contributed by atoms with E-state index in [0.717, 1.165) is 19.3 Å². The Labute approximate surface area is 82.7 Å². The van der Waals surface area contributed by atoms with Crippen molar-refractivity contribution in [3.05, 3.63) is 28.0 Å². The van der Waals surface area contributed by atoms with Crippen molar-refractivity contribution in [1.82, 2.24) is 0 Å². The summed E-state index contributed by atoms with van der Waals surface area (Å²) < 4.78 is 0. The molecule has 0 aliphatic heterocycles. The lowest BCUT2D eigenvalue weighted by molar-refractivity contribution is 0.206. The zero-order valence-corrected chi connectivity index (χ0v) is 8.60. The van der Waals surface area contributed by atoms with Gasteiger partial charge in [-0.1, -0.05) is 6.08 Å². The molecule has 0 saturated heterocycles. The Morgan fingerprint density at radius 1 is 1.54 bits per heavy atom. The maximum Gasteiger partial charge on any atom is 0.0726 e. The van der Waals surface area contributed by atoms with E-state index < -0.39 is 0 Å². The predicted molar refractivity (Wildman–Crippen MR) is 56.9 cm³/mol. The topological polar surface area (TPSA) is 20.2 Å². The third-order valence-corrected chi connectivity index (χ3v) is 3.39. The van der Waals surface area contributed by atoms with Crippen LogP contribution < -0.4 is 0 Å². The largest absolute Gasteiger partial charge is 0.389 e. The van der Waals surface area contributed by atoms with Crippen LogP contribution in [0.1, 0.15) is 29.7 Å². The molecular formula is C11H14OS. The van der Waals surface area contributed by atoms with Crippen molar-refractivity contribution in [2.24, 2.45) is 0 Å². The van der Waals surface area contributed by atoms with E-state index in [1.807, 2.05) is 6.08 Å². The molecule has 0 fully saturated rings. The molecule has 70 valence electrons. The summed E-state index contributed by atoms with van der Waals surface area (Å²) in [6, 6.07) is 2.16. The SMILES string of the molecule is Cc1sccc1C1=CC(O)CCC1. The Morgan fingerprint density at radius 3 is 3.00 bits per heavy atom. The molecule has 0 saturated carbocycles. The van der Waals surface area contributed by atoms with Crippen LogP contribution in [0.25, 0.3) is 5.57 Å². The molecule has 0 aromatic carbocycles. The van der Waals surface area contributed by atoms with Gasteiger partial charge in [0, 0.05) is 4.88 Å². The molecule has 1 aliphatic rings. The molecule has 0 spiro atoms. The minimum absolute atomic E-state index is 0.219. The zero-order valence-electron chi connectivity index (χ0n) is 7.79. The number of aliphatic hydroxyl groups excluding tert-OH is 1. The average molecular weight is 194 g/mol. The van der Waals surface area contributed by atoms with Gasteiger partial charge in [0.15, 0.2) is 0 Å². The fourth-order valence-electron chi connectivity index (χ4n) is 1.84. The second-order valence-corrected chi connectivity index (χ2v) is 4.66. The Bertz CT molecular complexity index is 325. The third kappa shape index (κ3) is 1.84. The van der Waals surface area contributed by atoms with Gasteiger partial charge in [0.2, 0.25) is 0 Å².